The van der Waals surface area contributed by atoms with Crippen molar-refractivity contribution < 1.29 is 20.7 Å². The van der Waals surface area contributed by atoms with Crippen LogP contribution >= 0.6 is 0 Å². The van der Waals surface area contributed by atoms with Gasteiger partial charge in [-0.05, 0) is 0 Å². The molecule has 10 heavy (non-hydrogen) atoms. The molecule has 1 aliphatic heterocycles. The van der Waals surface area contributed by atoms with Gasteiger partial charge in [0.2, 0.25) is 0 Å². The van der Waals surface area contributed by atoms with Crippen LogP contribution in [0.25, 0.3) is 0 Å². The van der Waals surface area contributed by atoms with Crippen LogP contribution in [0.15, 0.2) is 0 Å². The molecule has 0 saturated carbocycles. The molecule has 0 amide bonds. The molecule has 0 aromatic carbocycles. The van der Waals surface area contributed by atoms with E-state index in [4.69, 9.17) is 0 Å². The van der Waals surface area contributed by atoms with Gasteiger partial charge in [-0.25, -0.2) is 8.42 Å². The fourth-order valence-electron chi connectivity index (χ4n) is 0.680. The minimum absolute atomic E-state index is 0.564. The molecule has 0 unspecified atom stereocenters. The van der Waals surface area contributed by atoms with Crippen molar-refractivity contribution in [3.05, 3.63) is 0 Å². The third kappa shape index (κ3) is 1.46. The third-order valence-corrected chi connectivity index (χ3v) is 4.65. The molecule has 0 radical (unpaired) electrons. The van der Waals surface area contributed by atoms with E-state index in [1.54, 1.807) is 0 Å². The molecule has 1 saturated heterocycles. The molecule has 0 bridgehead atoms. The van der Waals surface area contributed by atoms with Gasteiger partial charge in [0, 0.05) is 0 Å². The summed E-state index contributed by atoms with van der Waals surface area (Å²) in [7, 11) is -7.85. The third-order valence-electron chi connectivity index (χ3n) is 1.28. The van der Waals surface area contributed by atoms with Gasteiger partial charge in [0.15, 0.2) is 9.84 Å². The second kappa shape index (κ2) is 1.91. The fourth-order valence-corrected chi connectivity index (χ4v) is 4.26. The van der Waals surface area contributed by atoms with Crippen molar-refractivity contribution >= 4 is 20.1 Å². The highest BCUT2D eigenvalue weighted by atomic mass is 32.3. The van der Waals surface area contributed by atoms with E-state index >= 15 is 0 Å². The van der Waals surface area contributed by atoms with Crippen LogP contribution in [0.5, 0.6) is 0 Å². The average Bonchev–Trinajstić information content (AvgIpc) is 1.56. The fraction of sp³-hybridized carbons (Fsp3) is 1.00. The molecule has 1 aliphatic rings. The van der Waals surface area contributed by atoms with E-state index < -0.39 is 36.8 Å². The largest absolute Gasteiger partial charge is 0.307 e. The van der Waals surface area contributed by atoms with Crippen LogP contribution < -0.4 is 0 Å². The minimum atomic E-state index is -4.62. The number of halogens is 1. The Balaban J connectivity index is 2.75. The molecule has 7 heteroatoms. The molecule has 1 heterocycles. The van der Waals surface area contributed by atoms with Gasteiger partial charge < -0.3 is 0 Å². The van der Waals surface area contributed by atoms with Crippen molar-refractivity contribution in [3.63, 3.8) is 0 Å². The summed E-state index contributed by atoms with van der Waals surface area (Å²) in [6.07, 6.45) is 0. The van der Waals surface area contributed by atoms with Gasteiger partial charge in [-0.2, -0.15) is 8.42 Å². The van der Waals surface area contributed by atoms with Gasteiger partial charge in [0.05, 0.1) is 11.5 Å². The lowest BCUT2D eigenvalue weighted by atomic mass is 10.5. The molecule has 1 rings (SSSR count). The first kappa shape index (κ1) is 7.93. The SMILES string of the molecule is O=S1(=O)CC(S(=O)(=O)F)C1. The van der Waals surface area contributed by atoms with Crippen LogP contribution in [-0.4, -0.2) is 33.6 Å². The van der Waals surface area contributed by atoms with E-state index in [2.05, 4.69) is 0 Å². The first-order valence-corrected chi connectivity index (χ1v) is 5.72. The quantitative estimate of drug-likeness (QED) is 0.499. The zero-order chi connectivity index (χ0) is 7.99. The summed E-state index contributed by atoms with van der Waals surface area (Å²) in [6.45, 7) is 0. The van der Waals surface area contributed by atoms with Crippen molar-refractivity contribution in [1.82, 2.24) is 0 Å². The van der Waals surface area contributed by atoms with Crippen molar-refractivity contribution in [1.29, 1.82) is 0 Å². The minimum Gasteiger partial charge on any atom is -0.229 e. The lowest BCUT2D eigenvalue weighted by molar-refractivity contribution is 0.527. The predicted molar refractivity (Wildman–Crippen MR) is 32.5 cm³/mol. The van der Waals surface area contributed by atoms with Crippen LogP contribution in [0.3, 0.4) is 0 Å². The highest BCUT2D eigenvalue weighted by molar-refractivity contribution is 7.97. The number of rotatable bonds is 1. The van der Waals surface area contributed by atoms with Gasteiger partial charge in [0.1, 0.15) is 5.25 Å². The van der Waals surface area contributed by atoms with E-state index in [9.17, 15) is 20.7 Å². The van der Waals surface area contributed by atoms with Crippen molar-refractivity contribution in [2.24, 2.45) is 0 Å². The summed E-state index contributed by atoms with van der Waals surface area (Å²) in [4.78, 5) is 0. The second-order valence-corrected chi connectivity index (χ2v) is 5.95. The molecule has 0 atom stereocenters. The summed E-state index contributed by atoms with van der Waals surface area (Å²) in [6, 6.07) is 0. The molecule has 1 fully saturated rings. The summed E-state index contributed by atoms with van der Waals surface area (Å²) in [5.41, 5.74) is 0. The first-order chi connectivity index (χ1) is 4.31. The van der Waals surface area contributed by atoms with Crippen molar-refractivity contribution in [3.8, 4) is 0 Å². The Morgan fingerprint density at radius 3 is 1.80 bits per heavy atom. The topological polar surface area (TPSA) is 68.3 Å². The van der Waals surface area contributed by atoms with Crippen molar-refractivity contribution in [2.75, 3.05) is 11.5 Å². The summed E-state index contributed by atoms with van der Waals surface area (Å²) >= 11 is 0. The maximum atomic E-state index is 11.9. The lowest BCUT2D eigenvalue weighted by Gasteiger charge is -2.20. The normalized spacial score (nSPS) is 25.7. The van der Waals surface area contributed by atoms with E-state index in [1.807, 2.05) is 0 Å². The Bertz CT molecular complexity index is 314. The van der Waals surface area contributed by atoms with Crippen LogP contribution in [0.4, 0.5) is 3.89 Å². The van der Waals surface area contributed by atoms with Crippen LogP contribution in [-0.2, 0) is 20.1 Å². The Morgan fingerprint density at radius 2 is 1.70 bits per heavy atom. The smallest absolute Gasteiger partial charge is 0.229 e. The van der Waals surface area contributed by atoms with Gasteiger partial charge in [-0.3, -0.25) is 0 Å². The Hall–Kier alpha value is -0.170. The number of hydrogen-bond acceptors (Lipinski definition) is 4. The standard InChI is InChI=1S/C3H5FO4S2/c4-10(7,8)3-1-9(5,6)2-3/h3H,1-2H2. The second-order valence-electron chi connectivity index (χ2n) is 2.17. The van der Waals surface area contributed by atoms with Crippen LogP contribution in [0.2, 0.25) is 0 Å². The van der Waals surface area contributed by atoms with Crippen LogP contribution in [0.1, 0.15) is 0 Å². The molecule has 0 aliphatic carbocycles. The molecule has 0 N–H and O–H groups in total. The zero-order valence-corrected chi connectivity index (χ0v) is 6.45. The lowest BCUT2D eigenvalue weighted by Crippen LogP contribution is -2.45. The first-order valence-electron chi connectivity index (χ1n) is 2.45. The van der Waals surface area contributed by atoms with E-state index in [-0.39, 0.29) is 0 Å². The highest BCUT2D eigenvalue weighted by Crippen LogP contribution is 2.19. The van der Waals surface area contributed by atoms with Crippen LogP contribution in [0, 0.1) is 0 Å². The number of sulfone groups is 1. The van der Waals surface area contributed by atoms with Gasteiger partial charge in [-0.15, -0.1) is 3.89 Å². The van der Waals surface area contributed by atoms with Crippen molar-refractivity contribution in [2.45, 2.75) is 5.25 Å². The Labute approximate surface area is 58.2 Å². The highest BCUT2D eigenvalue weighted by Gasteiger charge is 2.42. The molecule has 0 aromatic rings. The zero-order valence-electron chi connectivity index (χ0n) is 4.82. The molecule has 0 aromatic heterocycles. The van der Waals surface area contributed by atoms with Gasteiger partial charge >= 0.3 is 10.2 Å². The van der Waals surface area contributed by atoms with Gasteiger partial charge in [0.25, 0.3) is 0 Å². The van der Waals surface area contributed by atoms with E-state index in [0.29, 0.717) is 0 Å². The molecular weight excluding hydrogens is 183 g/mol. The molecule has 60 valence electrons. The summed E-state index contributed by atoms with van der Waals surface area (Å²) < 4.78 is 52.5. The number of hydrogen-bond donors (Lipinski definition) is 0. The maximum absolute atomic E-state index is 11.9. The summed E-state index contributed by atoms with van der Waals surface area (Å²) in [5, 5.41) is -1.31. The predicted octanol–water partition coefficient (Wildman–Crippen LogP) is -0.917. The average molecular weight is 188 g/mol. The summed E-state index contributed by atoms with van der Waals surface area (Å²) in [5.74, 6) is -1.13. The molecule has 4 nitrogen and oxygen atoms in total. The Morgan fingerprint density at radius 1 is 1.30 bits per heavy atom. The Kier molecular flexibility index (Phi) is 1.52. The molecular formula is C3H5FO4S2. The van der Waals surface area contributed by atoms with E-state index in [0.717, 1.165) is 0 Å². The molecule has 0 spiro atoms. The monoisotopic (exact) mass is 188 g/mol. The maximum Gasteiger partial charge on any atom is 0.307 e. The van der Waals surface area contributed by atoms with E-state index in [1.165, 1.54) is 0 Å². The van der Waals surface area contributed by atoms with Gasteiger partial charge in [-0.1, -0.05) is 0 Å².